The molecule has 0 heterocycles. The van der Waals surface area contributed by atoms with Crippen LogP contribution in [0.25, 0.3) is 10.8 Å². The molecule has 0 spiro atoms. The molecular formula is C26H26N2O. The third kappa shape index (κ3) is 4.25. The first-order valence-electron chi connectivity index (χ1n) is 9.88. The molecule has 0 bridgehead atoms. The molecule has 146 valence electrons. The van der Waals surface area contributed by atoms with Gasteiger partial charge in [-0.05, 0) is 64.7 Å². The maximum Gasteiger partial charge on any atom is 0.118 e. The van der Waals surface area contributed by atoms with Gasteiger partial charge < -0.3 is 10.5 Å². The van der Waals surface area contributed by atoms with Crippen LogP contribution in [-0.2, 0) is 0 Å². The Morgan fingerprint density at radius 1 is 0.724 bits per heavy atom. The molecule has 0 aliphatic carbocycles. The zero-order valence-electron chi connectivity index (χ0n) is 16.8. The predicted octanol–water partition coefficient (Wildman–Crippen LogP) is 5.87. The van der Waals surface area contributed by atoms with Gasteiger partial charge in [-0.3, -0.25) is 5.32 Å². The van der Waals surface area contributed by atoms with E-state index in [0.717, 1.165) is 17.0 Å². The second-order valence-electron chi connectivity index (χ2n) is 7.37. The van der Waals surface area contributed by atoms with E-state index in [4.69, 9.17) is 10.5 Å². The van der Waals surface area contributed by atoms with Gasteiger partial charge in [0, 0.05) is 11.7 Å². The molecule has 29 heavy (non-hydrogen) atoms. The van der Waals surface area contributed by atoms with E-state index < -0.39 is 0 Å². The molecule has 0 aliphatic heterocycles. The summed E-state index contributed by atoms with van der Waals surface area (Å²) < 4.78 is 5.32. The lowest BCUT2D eigenvalue weighted by atomic mass is 9.95. The molecule has 0 amide bonds. The second kappa shape index (κ2) is 8.38. The van der Waals surface area contributed by atoms with Crippen LogP contribution >= 0.6 is 0 Å². The number of nitrogens with two attached hydrogens (primary N) is 1. The van der Waals surface area contributed by atoms with E-state index >= 15 is 0 Å². The number of hydrogen-bond donors (Lipinski definition) is 2. The van der Waals surface area contributed by atoms with E-state index in [9.17, 15) is 0 Å². The highest BCUT2D eigenvalue weighted by Gasteiger charge is 2.18. The van der Waals surface area contributed by atoms with Gasteiger partial charge in [-0.25, -0.2) is 0 Å². The Morgan fingerprint density at radius 3 is 2.17 bits per heavy atom. The minimum atomic E-state index is 0.0193. The van der Waals surface area contributed by atoms with Gasteiger partial charge in [0.25, 0.3) is 0 Å². The zero-order valence-corrected chi connectivity index (χ0v) is 16.8. The monoisotopic (exact) mass is 382 g/mol. The summed E-state index contributed by atoms with van der Waals surface area (Å²) in [6.07, 6.45) is 0. The average Bonchev–Trinajstić information content (AvgIpc) is 2.77. The van der Waals surface area contributed by atoms with Crippen molar-refractivity contribution in [2.75, 3.05) is 12.8 Å². The standard InChI is InChI=1S/C26H26N2O/c1-18(21-11-10-19-6-3-4-7-22(19)16-21)28-26(23-8-5-9-24(27)17-23)20-12-14-25(29-2)15-13-20/h3-18,26,28H,27H2,1-2H3/t18-,26?/m1/s1. The fourth-order valence-corrected chi connectivity index (χ4v) is 3.74. The smallest absolute Gasteiger partial charge is 0.118 e. The summed E-state index contributed by atoms with van der Waals surface area (Å²) in [5.41, 5.74) is 10.4. The molecule has 0 fully saturated rings. The maximum atomic E-state index is 6.08. The van der Waals surface area contributed by atoms with Gasteiger partial charge in [0.15, 0.2) is 0 Å². The first kappa shape index (κ1) is 19.0. The lowest BCUT2D eigenvalue weighted by Crippen LogP contribution is -2.25. The lowest BCUT2D eigenvalue weighted by molar-refractivity contribution is 0.414. The van der Waals surface area contributed by atoms with Crippen LogP contribution in [0, 0.1) is 0 Å². The van der Waals surface area contributed by atoms with E-state index in [2.05, 4.69) is 72.9 Å². The molecule has 0 aliphatic rings. The van der Waals surface area contributed by atoms with E-state index in [0.29, 0.717) is 0 Å². The van der Waals surface area contributed by atoms with Gasteiger partial charge in [-0.1, -0.05) is 60.7 Å². The summed E-state index contributed by atoms with van der Waals surface area (Å²) in [5.74, 6) is 0.850. The normalized spacial score (nSPS) is 13.2. The number of ether oxygens (including phenoxy) is 1. The summed E-state index contributed by atoms with van der Waals surface area (Å²) in [4.78, 5) is 0. The molecule has 3 N–H and O–H groups in total. The van der Waals surface area contributed by atoms with Crippen molar-refractivity contribution in [2.24, 2.45) is 0 Å². The molecule has 4 aromatic rings. The van der Waals surface area contributed by atoms with Crippen LogP contribution < -0.4 is 15.8 Å². The van der Waals surface area contributed by atoms with Gasteiger partial charge >= 0.3 is 0 Å². The van der Waals surface area contributed by atoms with Gasteiger partial charge in [0.05, 0.1) is 13.2 Å². The highest BCUT2D eigenvalue weighted by molar-refractivity contribution is 5.83. The Balaban J connectivity index is 1.67. The molecule has 4 rings (SSSR count). The van der Waals surface area contributed by atoms with E-state index in [1.165, 1.54) is 21.9 Å². The van der Waals surface area contributed by atoms with Crippen LogP contribution in [0.1, 0.15) is 35.7 Å². The van der Waals surface area contributed by atoms with Gasteiger partial charge in [0.1, 0.15) is 5.75 Å². The van der Waals surface area contributed by atoms with Crippen molar-refractivity contribution in [1.82, 2.24) is 5.32 Å². The first-order valence-corrected chi connectivity index (χ1v) is 9.88. The maximum absolute atomic E-state index is 6.08. The summed E-state index contributed by atoms with van der Waals surface area (Å²) in [5, 5.41) is 6.31. The fraction of sp³-hybridized carbons (Fsp3) is 0.154. The van der Waals surface area contributed by atoms with E-state index in [1.54, 1.807) is 7.11 Å². The van der Waals surface area contributed by atoms with Crippen molar-refractivity contribution in [3.05, 3.63) is 108 Å². The molecular weight excluding hydrogens is 356 g/mol. The van der Waals surface area contributed by atoms with E-state index in [1.807, 2.05) is 30.3 Å². The molecule has 3 heteroatoms. The number of nitrogen functional groups attached to an aromatic ring is 1. The van der Waals surface area contributed by atoms with Crippen molar-refractivity contribution >= 4 is 16.5 Å². The number of nitrogens with one attached hydrogen (secondary N) is 1. The largest absolute Gasteiger partial charge is 0.497 e. The van der Waals surface area contributed by atoms with Gasteiger partial charge in [0.2, 0.25) is 0 Å². The Bertz CT molecular complexity index is 1100. The van der Waals surface area contributed by atoms with Crippen LogP contribution in [-0.4, -0.2) is 7.11 Å². The van der Waals surface area contributed by atoms with Gasteiger partial charge in [-0.2, -0.15) is 0 Å². The number of fused-ring (bicyclic) bond motifs is 1. The van der Waals surface area contributed by atoms with Gasteiger partial charge in [-0.15, -0.1) is 0 Å². The Morgan fingerprint density at radius 2 is 1.45 bits per heavy atom. The molecule has 0 aromatic heterocycles. The van der Waals surface area contributed by atoms with Crippen molar-refractivity contribution in [3.8, 4) is 5.75 Å². The summed E-state index contributed by atoms with van der Waals surface area (Å²) >= 11 is 0. The van der Waals surface area contributed by atoms with Crippen molar-refractivity contribution < 1.29 is 4.74 Å². The van der Waals surface area contributed by atoms with Crippen LogP contribution in [0.15, 0.2) is 91.0 Å². The number of rotatable bonds is 6. The molecule has 0 saturated carbocycles. The van der Waals surface area contributed by atoms with Crippen LogP contribution in [0.4, 0.5) is 5.69 Å². The van der Waals surface area contributed by atoms with Crippen molar-refractivity contribution in [2.45, 2.75) is 19.0 Å². The summed E-state index contributed by atoms with van der Waals surface area (Å²) in [6, 6.07) is 31.6. The van der Waals surface area contributed by atoms with E-state index in [-0.39, 0.29) is 12.1 Å². The Hall–Kier alpha value is -3.30. The molecule has 1 unspecified atom stereocenters. The fourth-order valence-electron chi connectivity index (χ4n) is 3.74. The van der Waals surface area contributed by atoms with Crippen LogP contribution in [0.3, 0.4) is 0 Å². The SMILES string of the molecule is COc1ccc(C(N[C@H](C)c2ccc3ccccc3c2)c2cccc(N)c2)cc1. The minimum absolute atomic E-state index is 0.0193. The number of benzene rings is 4. The molecule has 2 atom stereocenters. The highest BCUT2D eigenvalue weighted by Crippen LogP contribution is 2.29. The quantitative estimate of drug-likeness (QED) is 0.410. The zero-order chi connectivity index (χ0) is 20.2. The van der Waals surface area contributed by atoms with Crippen molar-refractivity contribution in [1.29, 1.82) is 0 Å². The highest BCUT2D eigenvalue weighted by atomic mass is 16.5. The molecule has 4 aromatic carbocycles. The third-order valence-electron chi connectivity index (χ3n) is 5.38. The Labute approximate surface area is 172 Å². The lowest BCUT2D eigenvalue weighted by Gasteiger charge is -2.25. The first-order chi connectivity index (χ1) is 14.1. The Kier molecular flexibility index (Phi) is 5.50. The molecule has 0 radical (unpaired) electrons. The average molecular weight is 383 g/mol. The van der Waals surface area contributed by atoms with Crippen LogP contribution in [0.5, 0.6) is 5.75 Å². The third-order valence-corrected chi connectivity index (χ3v) is 5.38. The number of methoxy groups -OCH3 is 1. The van der Waals surface area contributed by atoms with Crippen LogP contribution in [0.2, 0.25) is 0 Å². The second-order valence-corrected chi connectivity index (χ2v) is 7.37. The topological polar surface area (TPSA) is 47.3 Å². The molecule has 3 nitrogen and oxygen atoms in total. The number of hydrogen-bond acceptors (Lipinski definition) is 3. The predicted molar refractivity (Wildman–Crippen MR) is 121 cm³/mol. The minimum Gasteiger partial charge on any atom is -0.497 e. The number of anilines is 1. The van der Waals surface area contributed by atoms with Crippen molar-refractivity contribution in [3.63, 3.8) is 0 Å². The summed E-state index contributed by atoms with van der Waals surface area (Å²) in [6.45, 7) is 2.20. The summed E-state index contributed by atoms with van der Waals surface area (Å²) in [7, 11) is 1.68. The molecule has 0 saturated heterocycles.